The number of rotatable bonds is 3. The van der Waals surface area contributed by atoms with E-state index in [0.29, 0.717) is 24.9 Å². The molecule has 0 aromatic heterocycles. The normalized spacial score (nSPS) is 18.2. The molecule has 0 bridgehead atoms. The number of carbonyl (C=O) groups is 2. The summed E-state index contributed by atoms with van der Waals surface area (Å²) in [7, 11) is 1.32. The van der Waals surface area contributed by atoms with Crippen LogP contribution in [0.3, 0.4) is 0 Å². The molecule has 19 heavy (non-hydrogen) atoms. The van der Waals surface area contributed by atoms with Gasteiger partial charge in [-0.3, -0.25) is 4.79 Å². The van der Waals surface area contributed by atoms with E-state index in [1.54, 1.807) is 24.3 Å². The van der Waals surface area contributed by atoms with Gasteiger partial charge >= 0.3 is 5.97 Å². The lowest BCUT2D eigenvalue weighted by molar-refractivity contribution is -0.149. The Morgan fingerprint density at radius 1 is 1.47 bits per heavy atom. The average Bonchev–Trinajstić information content (AvgIpc) is 2.80. The number of nitrogens with zero attached hydrogens (tertiary/aromatic N) is 2. The smallest absolute Gasteiger partial charge is 0.328 e. The Balaban J connectivity index is 2.13. The second kappa shape index (κ2) is 5.53. The Hall–Kier alpha value is -2.35. The van der Waals surface area contributed by atoms with E-state index >= 15 is 0 Å². The van der Waals surface area contributed by atoms with Crippen molar-refractivity contribution >= 4 is 11.9 Å². The minimum atomic E-state index is -0.492. The third-order valence-electron chi connectivity index (χ3n) is 3.24. The molecule has 2 rings (SSSR count). The van der Waals surface area contributed by atoms with Gasteiger partial charge in [-0.25, -0.2) is 4.79 Å². The van der Waals surface area contributed by atoms with Crippen LogP contribution in [0.15, 0.2) is 24.3 Å². The minimum Gasteiger partial charge on any atom is -0.467 e. The van der Waals surface area contributed by atoms with Crippen LogP contribution >= 0.6 is 0 Å². The SMILES string of the molecule is COC(=O)[C@@H]1CCC(=O)N1Cc1ccc(C#N)cc1. The number of nitriles is 1. The highest BCUT2D eigenvalue weighted by Crippen LogP contribution is 2.22. The van der Waals surface area contributed by atoms with E-state index in [2.05, 4.69) is 0 Å². The number of amides is 1. The first-order chi connectivity index (χ1) is 9.15. The van der Waals surface area contributed by atoms with Crippen molar-refractivity contribution < 1.29 is 14.3 Å². The molecule has 1 aromatic carbocycles. The quantitative estimate of drug-likeness (QED) is 0.764. The molecule has 1 atom stereocenters. The van der Waals surface area contributed by atoms with E-state index in [1.165, 1.54) is 12.0 Å². The number of likely N-dealkylation sites (tertiary alicyclic amines) is 1. The largest absolute Gasteiger partial charge is 0.467 e. The number of hydrogen-bond acceptors (Lipinski definition) is 4. The fraction of sp³-hybridized carbons (Fsp3) is 0.357. The van der Waals surface area contributed by atoms with Crippen molar-refractivity contribution in [3.8, 4) is 6.07 Å². The lowest BCUT2D eigenvalue weighted by Crippen LogP contribution is -2.38. The monoisotopic (exact) mass is 258 g/mol. The van der Waals surface area contributed by atoms with Gasteiger partial charge in [0.05, 0.1) is 18.7 Å². The van der Waals surface area contributed by atoms with Gasteiger partial charge in [-0.1, -0.05) is 12.1 Å². The molecule has 1 aromatic rings. The lowest BCUT2D eigenvalue weighted by atomic mass is 10.1. The summed E-state index contributed by atoms with van der Waals surface area (Å²) in [6, 6.07) is 8.52. The summed E-state index contributed by atoms with van der Waals surface area (Å²) in [5.41, 5.74) is 1.46. The highest BCUT2D eigenvalue weighted by atomic mass is 16.5. The van der Waals surface area contributed by atoms with Gasteiger partial charge in [0.25, 0.3) is 0 Å². The van der Waals surface area contributed by atoms with Gasteiger partial charge in [0.2, 0.25) is 5.91 Å². The molecule has 1 fully saturated rings. The fourth-order valence-corrected chi connectivity index (χ4v) is 2.19. The number of ether oxygens (including phenoxy) is 1. The third-order valence-corrected chi connectivity index (χ3v) is 3.24. The van der Waals surface area contributed by atoms with E-state index < -0.39 is 6.04 Å². The Morgan fingerprint density at radius 2 is 2.16 bits per heavy atom. The fourth-order valence-electron chi connectivity index (χ4n) is 2.19. The van der Waals surface area contributed by atoms with Gasteiger partial charge in [-0.2, -0.15) is 5.26 Å². The molecule has 1 amide bonds. The minimum absolute atomic E-state index is 0.0419. The molecule has 0 unspecified atom stereocenters. The number of methoxy groups -OCH3 is 1. The van der Waals surface area contributed by atoms with E-state index in [1.807, 2.05) is 6.07 Å². The summed E-state index contributed by atoms with van der Waals surface area (Å²) in [4.78, 5) is 24.9. The molecule has 1 aliphatic rings. The summed E-state index contributed by atoms with van der Waals surface area (Å²) >= 11 is 0. The number of carbonyl (C=O) groups excluding carboxylic acids is 2. The Labute approximate surface area is 111 Å². The zero-order chi connectivity index (χ0) is 13.8. The van der Waals surface area contributed by atoms with Gasteiger partial charge in [0.1, 0.15) is 6.04 Å². The van der Waals surface area contributed by atoms with Crippen molar-refractivity contribution in [2.75, 3.05) is 7.11 Å². The molecule has 5 nitrogen and oxygen atoms in total. The molecule has 98 valence electrons. The standard InChI is InChI=1S/C14H14N2O3/c1-19-14(18)12-6-7-13(17)16(12)9-11-4-2-10(8-15)3-5-11/h2-5,12H,6-7,9H2,1H3/t12-/m0/s1. The molecule has 0 N–H and O–H groups in total. The maximum Gasteiger partial charge on any atom is 0.328 e. The molecule has 0 saturated carbocycles. The van der Waals surface area contributed by atoms with Crippen molar-refractivity contribution in [1.82, 2.24) is 4.90 Å². The molecule has 0 aliphatic carbocycles. The third kappa shape index (κ3) is 2.74. The van der Waals surface area contributed by atoms with Crippen LogP contribution in [0.5, 0.6) is 0 Å². The zero-order valence-corrected chi connectivity index (χ0v) is 10.6. The van der Waals surface area contributed by atoms with Crippen LogP contribution in [-0.2, 0) is 20.9 Å². The Kier molecular flexibility index (Phi) is 3.81. The molecule has 1 heterocycles. The first kappa shape index (κ1) is 13.1. The molecule has 5 heteroatoms. The average molecular weight is 258 g/mol. The number of benzene rings is 1. The van der Waals surface area contributed by atoms with Crippen LogP contribution < -0.4 is 0 Å². The van der Waals surface area contributed by atoms with E-state index in [0.717, 1.165) is 5.56 Å². The first-order valence-electron chi connectivity index (χ1n) is 6.02. The van der Waals surface area contributed by atoms with Crippen molar-refractivity contribution in [3.05, 3.63) is 35.4 Å². The summed E-state index contributed by atoms with van der Waals surface area (Å²) in [6.07, 6.45) is 0.873. The molecule has 1 saturated heterocycles. The summed E-state index contributed by atoms with van der Waals surface area (Å²) < 4.78 is 4.71. The molecule has 0 radical (unpaired) electrons. The summed E-state index contributed by atoms with van der Waals surface area (Å²) in [5, 5.41) is 8.73. The van der Waals surface area contributed by atoms with Crippen LogP contribution in [0, 0.1) is 11.3 Å². The molecule has 1 aliphatic heterocycles. The first-order valence-corrected chi connectivity index (χ1v) is 6.02. The van der Waals surface area contributed by atoms with Gasteiger partial charge in [0, 0.05) is 13.0 Å². The molecular formula is C14H14N2O3. The van der Waals surface area contributed by atoms with Crippen LogP contribution in [0.2, 0.25) is 0 Å². The molecular weight excluding hydrogens is 244 g/mol. The van der Waals surface area contributed by atoms with Crippen LogP contribution in [0.25, 0.3) is 0 Å². The number of hydrogen-bond donors (Lipinski definition) is 0. The zero-order valence-electron chi connectivity index (χ0n) is 10.6. The van der Waals surface area contributed by atoms with Crippen molar-refractivity contribution in [2.45, 2.75) is 25.4 Å². The second-order valence-corrected chi connectivity index (χ2v) is 4.41. The highest BCUT2D eigenvalue weighted by Gasteiger charge is 2.36. The van der Waals surface area contributed by atoms with E-state index in [9.17, 15) is 9.59 Å². The van der Waals surface area contributed by atoms with Crippen molar-refractivity contribution in [1.29, 1.82) is 5.26 Å². The van der Waals surface area contributed by atoms with Crippen LogP contribution in [0.1, 0.15) is 24.0 Å². The van der Waals surface area contributed by atoms with E-state index in [4.69, 9.17) is 10.00 Å². The Morgan fingerprint density at radius 3 is 2.74 bits per heavy atom. The van der Waals surface area contributed by atoms with Crippen LogP contribution in [-0.4, -0.2) is 29.9 Å². The van der Waals surface area contributed by atoms with Gasteiger partial charge in [-0.15, -0.1) is 0 Å². The Bertz CT molecular complexity index is 531. The topological polar surface area (TPSA) is 70.4 Å². The summed E-state index contributed by atoms with van der Waals surface area (Å²) in [6.45, 7) is 0.365. The lowest BCUT2D eigenvalue weighted by Gasteiger charge is -2.22. The summed E-state index contributed by atoms with van der Waals surface area (Å²) in [5.74, 6) is -0.417. The predicted octanol–water partition coefficient (Wildman–Crippen LogP) is 1.22. The van der Waals surface area contributed by atoms with Gasteiger partial charge < -0.3 is 9.64 Å². The van der Waals surface area contributed by atoms with Gasteiger partial charge in [-0.05, 0) is 24.1 Å². The van der Waals surface area contributed by atoms with E-state index in [-0.39, 0.29) is 11.9 Å². The predicted molar refractivity (Wildman–Crippen MR) is 66.7 cm³/mol. The van der Waals surface area contributed by atoms with Crippen LogP contribution in [0.4, 0.5) is 0 Å². The number of esters is 1. The second-order valence-electron chi connectivity index (χ2n) is 4.41. The molecule has 0 spiro atoms. The maximum absolute atomic E-state index is 11.8. The van der Waals surface area contributed by atoms with Gasteiger partial charge in [0.15, 0.2) is 0 Å². The van der Waals surface area contributed by atoms with Crippen molar-refractivity contribution in [2.24, 2.45) is 0 Å². The highest BCUT2D eigenvalue weighted by molar-refractivity contribution is 5.88. The van der Waals surface area contributed by atoms with Crippen molar-refractivity contribution in [3.63, 3.8) is 0 Å². The maximum atomic E-state index is 11.8.